The maximum absolute atomic E-state index is 11.9. The van der Waals surface area contributed by atoms with Crippen molar-refractivity contribution in [1.82, 2.24) is 0 Å². The maximum Gasteiger partial charge on any atom is 0.285 e. The van der Waals surface area contributed by atoms with Crippen LogP contribution in [0.1, 0.15) is 36.1 Å². The molecule has 0 aliphatic heterocycles. The van der Waals surface area contributed by atoms with Crippen molar-refractivity contribution in [2.24, 2.45) is 4.99 Å². The van der Waals surface area contributed by atoms with Gasteiger partial charge in [0.25, 0.3) is 22.7 Å². The molecular weight excluding hydrogens is 474 g/mol. The number of hydrogen-bond donors (Lipinski definition) is 0. The van der Waals surface area contributed by atoms with Gasteiger partial charge in [-0.3, -0.25) is 40.5 Å². The Kier molecular flexibility index (Phi) is 5.98. The lowest BCUT2D eigenvalue weighted by Crippen LogP contribution is -2.03. The van der Waals surface area contributed by atoms with E-state index < -0.39 is 42.4 Å². The highest BCUT2D eigenvalue weighted by Crippen LogP contribution is 2.50. The van der Waals surface area contributed by atoms with Crippen molar-refractivity contribution >= 4 is 34.1 Å². The molecule has 3 aromatic carbocycles. The first-order chi connectivity index (χ1) is 17.1. The minimum Gasteiger partial charge on any atom is -0.258 e. The van der Waals surface area contributed by atoms with Crippen LogP contribution in [-0.4, -0.2) is 25.4 Å². The molecule has 1 aliphatic rings. The molecule has 0 bridgehead atoms. The highest BCUT2D eigenvalue weighted by atomic mass is 16.6. The van der Waals surface area contributed by atoms with Crippen LogP contribution >= 0.6 is 0 Å². The van der Waals surface area contributed by atoms with Gasteiger partial charge in [0.15, 0.2) is 0 Å². The lowest BCUT2D eigenvalue weighted by Gasteiger charge is -2.11. The summed E-state index contributed by atoms with van der Waals surface area (Å²) in [4.78, 5) is 48.4. The predicted molar refractivity (Wildman–Crippen MR) is 129 cm³/mol. The number of para-hydroxylation sites is 1. The molecule has 1 aliphatic carbocycles. The summed E-state index contributed by atoms with van der Waals surface area (Å²) in [6.45, 7) is 3.78. The van der Waals surface area contributed by atoms with E-state index in [0.29, 0.717) is 30.7 Å². The second kappa shape index (κ2) is 8.94. The van der Waals surface area contributed by atoms with Crippen LogP contribution in [0.3, 0.4) is 0 Å². The van der Waals surface area contributed by atoms with E-state index in [2.05, 4.69) is 0 Å². The summed E-state index contributed by atoms with van der Waals surface area (Å²) in [7, 11) is 0. The number of non-ortho nitro benzene ring substituents is 2. The summed E-state index contributed by atoms with van der Waals surface area (Å²) in [6.07, 6.45) is 1.12. The third-order valence-corrected chi connectivity index (χ3v) is 5.97. The number of hydrogen-bond acceptors (Lipinski definition) is 9. The molecule has 4 rings (SSSR count). The molecule has 0 saturated heterocycles. The van der Waals surface area contributed by atoms with Gasteiger partial charge in [-0.25, -0.2) is 4.99 Å². The average Bonchev–Trinajstić information content (AvgIpc) is 3.15. The van der Waals surface area contributed by atoms with Gasteiger partial charge in [0.05, 0.1) is 54.4 Å². The normalized spacial score (nSPS) is 11.6. The Labute approximate surface area is 202 Å². The first-order valence-corrected chi connectivity index (χ1v) is 10.7. The Morgan fingerprint density at radius 1 is 0.667 bits per heavy atom. The zero-order chi connectivity index (χ0) is 26.3. The molecule has 36 heavy (non-hydrogen) atoms. The summed E-state index contributed by atoms with van der Waals surface area (Å²) < 4.78 is 0. The van der Waals surface area contributed by atoms with E-state index in [-0.39, 0.29) is 28.0 Å². The van der Waals surface area contributed by atoms with Crippen molar-refractivity contribution in [1.29, 1.82) is 0 Å². The van der Waals surface area contributed by atoms with Crippen molar-refractivity contribution in [3.8, 4) is 11.1 Å². The summed E-state index contributed by atoms with van der Waals surface area (Å²) >= 11 is 0. The number of rotatable bonds is 7. The highest BCUT2D eigenvalue weighted by Gasteiger charge is 2.41. The fourth-order valence-corrected chi connectivity index (χ4v) is 4.36. The molecule has 0 unspecified atom stereocenters. The number of nitrogens with zero attached hydrogens (tertiary/aromatic N) is 5. The van der Waals surface area contributed by atoms with Crippen LogP contribution in [0.5, 0.6) is 0 Å². The molecule has 3 aromatic rings. The minimum atomic E-state index is -0.874. The fourth-order valence-electron chi connectivity index (χ4n) is 4.36. The van der Waals surface area contributed by atoms with E-state index in [1.807, 2.05) is 32.0 Å². The van der Waals surface area contributed by atoms with Crippen LogP contribution in [0.4, 0.5) is 28.4 Å². The number of aliphatic imine (C=N–C) groups is 1. The Bertz CT molecular complexity index is 1420. The Hall–Kier alpha value is -5.07. The number of nitro groups is 4. The topological polar surface area (TPSA) is 185 Å². The van der Waals surface area contributed by atoms with Crippen molar-refractivity contribution in [3.63, 3.8) is 0 Å². The molecular formula is C23H17N5O8. The number of fused-ring (bicyclic) bond motifs is 3. The van der Waals surface area contributed by atoms with E-state index in [9.17, 15) is 40.5 Å². The smallest absolute Gasteiger partial charge is 0.258 e. The third kappa shape index (κ3) is 3.81. The highest BCUT2D eigenvalue weighted by molar-refractivity contribution is 6.28. The average molecular weight is 491 g/mol. The molecule has 13 nitrogen and oxygen atoms in total. The first-order valence-electron chi connectivity index (χ1n) is 10.7. The number of aryl methyl sites for hydroxylation is 2. The second-order valence-electron chi connectivity index (χ2n) is 7.90. The third-order valence-electron chi connectivity index (χ3n) is 5.97. The summed E-state index contributed by atoms with van der Waals surface area (Å²) in [5.74, 6) is 0. The largest absolute Gasteiger partial charge is 0.285 e. The Morgan fingerprint density at radius 2 is 1.08 bits per heavy atom. The molecule has 0 atom stereocenters. The van der Waals surface area contributed by atoms with E-state index in [1.54, 1.807) is 0 Å². The molecule has 0 radical (unpaired) electrons. The number of nitro benzene ring substituents is 4. The van der Waals surface area contributed by atoms with Gasteiger partial charge in [-0.05, 0) is 24.0 Å². The Morgan fingerprint density at radius 3 is 1.42 bits per heavy atom. The quantitative estimate of drug-likeness (QED) is 0.236. The van der Waals surface area contributed by atoms with Gasteiger partial charge >= 0.3 is 0 Å². The van der Waals surface area contributed by atoms with Gasteiger partial charge < -0.3 is 0 Å². The fraction of sp³-hybridized carbons (Fsp3) is 0.174. The maximum atomic E-state index is 11.9. The van der Waals surface area contributed by atoms with Crippen molar-refractivity contribution in [3.05, 3.63) is 105 Å². The van der Waals surface area contributed by atoms with Crippen molar-refractivity contribution < 1.29 is 19.7 Å². The molecule has 0 amide bonds. The van der Waals surface area contributed by atoms with Crippen LogP contribution in [0.25, 0.3) is 11.1 Å². The van der Waals surface area contributed by atoms with Crippen LogP contribution in [0, 0.1) is 40.5 Å². The van der Waals surface area contributed by atoms with Gasteiger partial charge in [-0.15, -0.1) is 0 Å². The van der Waals surface area contributed by atoms with Crippen LogP contribution in [-0.2, 0) is 12.8 Å². The summed E-state index contributed by atoms with van der Waals surface area (Å²) in [5.41, 5.74) is -1.28. The Balaban J connectivity index is 2.23. The number of benzene rings is 3. The summed E-state index contributed by atoms with van der Waals surface area (Å²) in [5, 5.41) is 47.0. The second-order valence-corrected chi connectivity index (χ2v) is 7.90. The van der Waals surface area contributed by atoms with Gasteiger partial charge in [0.1, 0.15) is 0 Å². The van der Waals surface area contributed by atoms with Gasteiger partial charge in [0.2, 0.25) is 0 Å². The van der Waals surface area contributed by atoms with Crippen molar-refractivity contribution in [2.45, 2.75) is 26.7 Å². The van der Waals surface area contributed by atoms with Crippen molar-refractivity contribution in [2.75, 3.05) is 0 Å². The van der Waals surface area contributed by atoms with E-state index in [0.717, 1.165) is 23.3 Å². The molecule has 0 spiro atoms. The van der Waals surface area contributed by atoms with E-state index in [1.165, 1.54) is 0 Å². The molecule has 182 valence electrons. The molecule has 0 aromatic heterocycles. The molecule has 0 N–H and O–H groups in total. The predicted octanol–water partition coefficient (Wildman–Crippen LogP) is 5.59. The van der Waals surface area contributed by atoms with E-state index in [4.69, 9.17) is 4.99 Å². The lowest BCUT2D eigenvalue weighted by molar-refractivity contribution is -0.395. The van der Waals surface area contributed by atoms with Crippen LogP contribution in [0.2, 0.25) is 0 Å². The van der Waals surface area contributed by atoms with Gasteiger partial charge in [-0.1, -0.05) is 32.0 Å². The summed E-state index contributed by atoms with van der Waals surface area (Å²) in [6, 6.07) is 9.02. The molecule has 13 heteroatoms. The standard InChI is InChI=1S/C23H17N5O8/c1-3-12-6-5-7-13(4-2)22(12)24-23-16-8-14(25(29)30)10-18(27(33)34)20(16)21-17(23)9-15(26(31)32)11-19(21)28(35)36/h5-11H,3-4H2,1-2H3. The zero-order valence-electron chi connectivity index (χ0n) is 19.0. The van der Waals surface area contributed by atoms with E-state index >= 15 is 0 Å². The minimum absolute atomic E-state index is 0.0470. The lowest BCUT2D eigenvalue weighted by atomic mass is 10.0. The van der Waals surface area contributed by atoms with Crippen LogP contribution < -0.4 is 0 Å². The first kappa shape index (κ1) is 24.1. The monoisotopic (exact) mass is 491 g/mol. The van der Waals surface area contributed by atoms with Gasteiger partial charge in [-0.2, -0.15) is 0 Å². The zero-order valence-corrected chi connectivity index (χ0v) is 19.0. The SMILES string of the molecule is CCc1cccc(CC)c1N=C1c2cc([N+](=O)[O-])cc([N+](=O)[O-])c2-c2c1cc([N+](=O)[O-])cc2[N+](=O)[O-]. The van der Waals surface area contributed by atoms with Crippen LogP contribution in [0.15, 0.2) is 47.5 Å². The van der Waals surface area contributed by atoms with Gasteiger partial charge in [0, 0.05) is 23.3 Å². The molecule has 0 saturated carbocycles. The molecule has 0 heterocycles. The molecule has 0 fully saturated rings.